The van der Waals surface area contributed by atoms with Gasteiger partial charge in [-0.05, 0) is 13.0 Å². The van der Waals surface area contributed by atoms with E-state index >= 15 is 0 Å². The van der Waals surface area contributed by atoms with Gasteiger partial charge >= 0.3 is 5.97 Å². The molecule has 5 nitrogen and oxygen atoms in total. The molecule has 0 aromatic carbocycles. The average molecular weight is 255 g/mol. The minimum absolute atomic E-state index is 0.241. The van der Waals surface area contributed by atoms with Gasteiger partial charge in [0.1, 0.15) is 11.1 Å². The first-order chi connectivity index (χ1) is 8.27. The zero-order chi connectivity index (χ0) is 12.5. The van der Waals surface area contributed by atoms with Gasteiger partial charge in [-0.15, -0.1) is 11.8 Å². The Balaban J connectivity index is 2.46. The summed E-state index contributed by atoms with van der Waals surface area (Å²) in [6.07, 6.45) is 5.91. The molecule has 6 heteroatoms. The number of carbonyl (C=O) groups excluding carboxylic acids is 1. The van der Waals surface area contributed by atoms with E-state index < -0.39 is 0 Å². The molecule has 1 aromatic heterocycles. The quantitative estimate of drug-likeness (QED) is 0.581. The van der Waals surface area contributed by atoms with Gasteiger partial charge in [-0.2, -0.15) is 0 Å². The van der Waals surface area contributed by atoms with Crippen molar-refractivity contribution in [2.75, 3.05) is 19.4 Å². The molecule has 0 aliphatic rings. The van der Waals surface area contributed by atoms with Crippen molar-refractivity contribution in [3.8, 4) is 0 Å². The first-order valence-electron chi connectivity index (χ1n) is 5.48. The SMILES string of the molecule is CCCNC(CSc1cnccn1)C(=O)OC. The summed E-state index contributed by atoms with van der Waals surface area (Å²) in [4.78, 5) is 19.6. The van der Waals surface area contributed by atoms with Crippen LogP contribution in [0.4, 0.5) is 0 Å². The maximum atomic E-state index is 11.5. The molecule has 0 fully saturated rings. The summed E-state index contributed by atoms with van der Waals surface area (Å²) in [5.41, 5.74) is 0. The van der Waals surface area contributed by atoms with Crippen molar-refractivity contribution in [2.24, 2.45) is 0 Å². The largest absolute Gasteiger partial charge is 0.468 e. The number of thioether (sulfide) groups is 1. The maximum absolute atomic E-state index is 11.5. The average Bonchev–Trinajstić information content (AvgIpc) is 2.39. The van der Waals surface area contributed by atoms with Crippen molar-refractivity contribution >= 4 is 17.7 Å². The van der Waals surface area contributed by atoms with E-state index in [1.807, 2.05) is 0 Å². The number of ether oxygens (including phenoxy) is 1. The third-order valence-electron chi connectivity index (χ3n) is 2.06. The lowest BCUT2D eigenvalue weighted by Gasteiger charge is -2.15. The fourth-order valence-electron chi connectivity index (χ4n) is 1.20. The molecule has 0 spiro atoms. The van der Waals surface area contributed by atoms with Crippen molar-refractivity contribution < 1.29 is 9.53 Å². The van der Waals surface area contributed by atoms with Gasteiger partial charge in [-0.25, -0.2) is 4.98 Å². The number of hydrogen-bond acceptors (Lipinski definition) is 6. The Labute approximate surface area is 105 Å². The second-order valence-corrected chi connectivity index (χ2v) is 4.42. The lowest BCUT2D eigenvalue weighted by Crippen LogP contribution is -2.40. The topological polar surface area (TPSA) is 64.1 Å². The first-order valence-corrected chi connectivity index (χ1v) is 6.46. The molecule has 1 rings (SSSR count). The summed E-state index contributed by atoms with van der Waals surface area (Å²) in [5.74, 6) is 0.348. The summed E-state index contributed by atoms with van der Waals surface area (Å²) in [6.45, 7) is 2.85. The van der Waals surface area contributed by atoms with Crippen molar-refractivity contribution in [1.82, 2.24) is 15.3 Å². The van der Waals surface area contributed by atoms with E-state index in [1.54, 1.807) is 18.6 Å². The molecule has 0 radical (unpaired) electrons. The zero-order valence-corrected chi connectivity index (χ0v) is 10.9. The number of hydrogen-bond donors (Lipinski definition) is 1. The highest BCUT2D eigenvalue weighted by molar-refractivity contribution is 7.99. The van der Waals surface area contributed by atoms with E-state index in [-0.39, 0.29) is 12.0 Å². The Morgan fingerprint density at radius 1 is 1.59 bits per heavy atom. The van der Waals surface area contributed by atoms with Crippen molar-refractivity contribution in [1.29, 1.82) is 0 Å². The molecule has 1 N–H and O–H groups in total. The number of rotatable bonds is 7. The molecule has 0 saturated carbocycles. The second kappa shape index (κ2) is 8.03. The van der Waals surface area contributed by atoms with E-state index in [0.29, 0.717) is 5.75 Å². The predicted molar refractivity (Wildman–Crippen MR) is 66.9 cm³/mol. The molecule has 1 heterocycles. The smallest absolute Gasteiger partial charge is 0.323 e. The third kappa shape index (κ3) is 5.14. The summed E-state index contributed by atoms with van der Waals surface area (Å²) in [6, 6.07) is -0.299. The summed E-state index contributed by atoms with van der Waals surface area (Å²) in [5, 5.41) is 3.95. The Morgan fingerprint density at radius 2 is 2.41 bits per heavy atom. The maximum Gasteiger partial charge on any atom is 0.323 e. The molecule has 0 amide bonds. The predicted octanol–water partition coefficient (Wildman–Crippen LogP) is 1.11. The number of carbonyl (C=O) groups is 1. The molecule has 1 atom stereocenters. The lowest BCUT2D eigenvalue weighted by atomic mass is 10.3. The first kappa shape index (κ1) is 13.9. The summed E-state index contributed by atoms with van der Waals surface area (Å²) in [7, 11) is 1.40. The van der Waals surface area contributed by atoms with Crippen molar-refractivity contribution in [2.45, 2.75) is 24.4 Å². The van der Waals surface area contributed by atoms with Crippen LogP contribution in [0.5, 0.6) is 0 Å². The zero-order valence-electron chi connectivity index (χ0n) is 10.0. The summed E-state index contributed by atoms with van der Waals surface area (Å²) < 4.78 is 4.75. The minimum Gasteiger partial charge on any atom is -0.468 e. The van der Waals surface area contributed by atoms with E-state index in [0.717, 1.165) is 18.0 Å². The van der Waals surface area contributed by atoms with Gasteiger partial charge in [-0.3, -0.25) is 9.78 Å². The lowest BCUT2D eigenvalue weighted by molar-refractivity contribution is -0.142. The number of esters is 1. The van der Waals surface area contributed by atoms with Crippen molar-refractivity contribution in [3.63, 3.8) is 0 Å². The van der Waals surface area contributed by atoms with Crippen LogP contribution in [0.1, 0.15) is 13.3 Å². The van der Waals surface area contributed by atoms with E-state index in [1.165, 1.54) is 18.9 Å². The van der Waals surface area contributed by atoms with Crippen LogP contribution < -0.4 is 5.32 Å². The molecule has 17 heavy (non-hydrogen) atoms. The van der Waals surface area contributed by atoms with Gasteiger partial charge in [0.05, 0.1) is 13.3 Å². The normalized spacial score (nSPS) is 12.1. The highest BCUT2D eigenvalue weighted by atomic mass is 32.2. The molecule has 94 valence electrons. The standard InChI is InChI=1S/C11H17N3O2S/c1-3-4-13-9(11(15)16-2)8-17-10-7-12-5-6-14-10/h5-7,9,13H,3-4,8H2,1-2H3. The van der Waals surface area contributed by atoms with Gasteiger partial charge in [0.15, 0.2) is 0 Å². The van der Waals surface area contributed by atoms with E-state index in [2.05, 4.69) is 22.2 Å². The monoisotopic (exact) mass is 255 g/mol. The second-order valence-electron chi connectivity index (χ2n) is 3.38. The fraction of sp³-hybridized carbons (Fsp3) is 0.545. The molecule has 0 saturated heterocycles. The molecular weight excluding hydrogens is 238 g/mol. The number of nitrogens with zero attached hydrogens (tertiary/aromatic N) is 2. The molecule has 1 aromatic rings. The van der Waals surface area contributed by atoms with E-state index in [4.69, 9.17) is 4.74 Å². The molecule has 1 unspecified atom stereocenters. The van der Waals surface area contributed by atoms with Crippen LogP contribution in [0.25, 0.3) is 0 Å². The minimum atomic E-state index is -0.299. The van der Waals surface area contributed by atoms with Crippen LogP contribution in [0.3, 0.4) is 0 Å². The number of nitrogens with one attached hydrogen (secondary N) is 1. The molecule has 0 aliphatic carbocycles. The highest BCUT2D eigenvalue weighted by Crippen LogP contribution is 2.14. The number of aromatic nitrogens is 2. The number of methoxy groups -OCH3 is 1. The van der Waals surface area contributed by atoms with Crippen molar-refractivity contribution in [3.05, 3.63) is 18.6 Å². The highest BCUT2D eigenvalue weighted by Gasteiger charge is 2.18. The van der Waals surface area contributed by atoms with E-state index in [9.17, 15) is 4.79 Å². The Morgan fingerprint density at radius 3 is 3.00 bits per heavy atom. The van der Waals surface area contributed by atoms with Gasteiger partial charge in [0, 0.05) is 18.1 Å². The van der Waals surface area contributed by atoms with Crippen LogP contribution in [0, 0.1) is 0 Å². The van der Waals surface area contributed by atoms with Crippen LogP contribution in [-0.4, -0.2) is 41.4 Å². The van der Waals surface area contributed by atoms with Gasteiger partial charge in [0.2, 0.25) is 0 Å². The summed E-state index contributed by atoms with van der Waals surface area (Å²) >= 11 is 1.49. The van der Waals surface area contributed by atoms with Crippen LogP contribution in [0.15, 0.2) is 23.6 Å². The van der Waals surface area contributed by atoms with Crippen LogP contribution in [-0.2, 0) is 9.53 Å². The fourth-order valence-corrected chi connectivity index (χ4v) is 2.06. The Kier molecular flexibility index (Phi) is 6.57. The van der Waals surface area contributed by atoms with Crippen LogP contribution >= 0.6 is 11.8 Å². The molecule has 0 bridgehead atoms. The third-order valence-corrected chi connectivity index (χ3v) is 3.07. The van der Waals surface area contributed by atoms with Gasteiger partial charge < -0.3 is 10.1 Å². The Hall–Kier alpha value is -1.14. The van der Waals surface area contributed by atoms with Gasteiger partial charge in [0.25, 0.3) is 0 Å². The van der Waals surface area contributed by atoms with Gasteiger partial charge in [-0.1, -0.05) is 6.92 Å². The van der Waals surface area contributed by atoms with Crippen LogP contribution in [0.2, 0.25) is 0 Å². The molecular formula is C11H17N3O2S. The molecule has 0 aliphatic heterocycles. The Bertz CT molecular complexity index is 335.